The molecular formula is C15H24N2O. The van der Waals surface area contributed by atoms with E-state index >= 15 is 0 Å². The number of nitrogens with zero attached hydrogens (tertiary/aromatic N) is 1. The van der Waals surface area contributed by atoms with Crippen molar-refractivity contribution in [2.75, 3.05) is 13.2 Å². The van der Waals surface area contributed by atoms with Crippen molar-refractivity contribution in [3.63, 3.8) is 0 Å². The summed E-state index contributed by atoms with van der Waals surface area (Å²) >= 11 is 0. The van der Waals surface area contributed by atoms with E-state index in [1.165, 1.54) is 19.3 Å². The highest BCUT2D eigenvalue weighted by molar-refractivity contribution is 5.03. The van der Waals surface area contributed by atoms with Gasteiger partial charge in [-0.1, -0.05) is 19.4 Å². The average molecular weight is 248 g/mol. The molecule has 0 spiro atoms. The topological polar surface area (TPSA) is 34.1 Å². The molecule has 0 aromatic carbocycles. The standard InChI is InChI=1S/C15H24N2O/c1-2-5-15(12-17-14-7-8-14)18-11-9-13-6-3-4-10-16-13/h3-4,6,10,14-15,17H,2,5,7-9,11-12H2,1H3. The fourth-order valence-corrected chi connectivity index (χ4v) is 2.03. The molecule has 1 aromatic heterocycles. The predicted molar refractivity (Wildman–Crippen MR) is 73.6 cm³/mol. The van der Waals surface area contributed by atoms with E-state index in [9.17, 15) is 0 Å². The predicted octanol–water partition coefficient (Wildman–Crippen LogP) is 2.56. The summed E-state index contributed by atoms with van der Waals surface area (Å²) in [5, 5.41) is 3.55. The lowest BCUT2D eigenvalue weighted by Gasteiger charge is -2.17. The summed E-state index contributed by atoms with van der Waals surface area (Å²) in [6.07, 6.45) is 8.11. The zero-order valence-corrected chi connectivity index (χ0v) is 11.3. The first kappa shape index (κ1) is 13.5. The SMILES string of the molecule is CCCC(CNC1CC1)OCCc1ccccn1. The van der Waals surface area contributed by atoms with Crippen LogP contribution in [0.1, 0.15) is 38.3 Å². The van der Waals surface area contributed by atoms with Crippen molar-refractivity contribution in [1.29, 1.82) is 0 Å². The van der Waals surface area contributed by atoms with Crippen LogP contribution in [0.5, 0.6) is 0 Å². The van der Waals surface area contributed by atoms with Gasteiger partial charge in [0.2, 0.25) is 0 Å². The Morgan fingerprint density at radius 3 is 3.00 bits per heavy atom. The smallest absolute Gasteiger partial charge is 0.0699 e. The van der Waals surface area contributed by atoms with E-state index in [1.54, 1.807) is 0 Å². The molecule has 1 aromatic rings. The van der Waals surface area contributed by atoms with Crippen LogP contribution in [0.4, 0.5) is 0 Å². The Kier molecular flexibility index (Phi) is 5.62. The number of hydrogen-bond donors (Lipinski definition) is 1. The highest BCUT2D eigenvalue weighted by atomic mass is 16.5. The van der Waals surface area contributed by atoms with Crippen molar-refractivity contribution in [2.45, 2.75) is 51.2 Å². The number of ether oxygens (including phenoxy) is 1. The summed E-state index contributed by atoms with van der Waals surface area (Å²) in [5.74, 6) is 0. The second kappa shape index (κ2) is 7.49. The van der Waals surface area contributed by atoms with Crippen molar-refractivity contribution >= 4 is 0 Å². The lowest BCUT2D eigenvalue weighted by atomic mass is 10.2. The van der Waals surface area contributed by atoms with E-state index in [0.717, 1.165) is 37.7 Å². The third-order valence-electron chi connectivity index (χ3n) is 3.26. The quantitative estimate of drug-likeness (QED) is 0.729. The third-order valence-corrected chi connectivity index (χ3v) is 3.26. The Labute approximate surface area is 110 Å². The normalized spacial score (nSPS) is 16.7. The Morgan fingerprint density at radius 1 is 1.44 bits per heavy atom. The lowest BCUT2D eigenvalue weighted by molar-refractivity contribution is 0.0485. The van der Waals surface area contributed by atoms with E-state index in [4.69, 9.17) is 4.74 Å². The van der Waals surface area contributed by atoms with Crippen LogP contribution in [0.3, 0.4) is 0 Å². The minimum Gasteiger partial charge on any atom is -0.376 e. The van der Waals surface area contributed by atoms with E-state index in [0.29, 0.717) is 6.10 Å². The number of rotatable bonds is 9. The van der Waals surface area contributed by atoms with Gasteiger partial charge in [0.15, 0.2) is 0 Å². The summed E-state index contributed by atoms with van der Waals surface area (Å²) in [6, 6.07) is 6.80. The Balaban J connectivity index is 1.64. The second-order valence-corrected chi connectivity index (χ2v) is 5.04. The molecule has 1 aliphatic rings. The summed E-state index contributed by atoms with van der Waals surface area (Å²) in [7, 11) is 0. The number of nitrogens with one attached hydrogen (secondary N) is 1. The van der Waals surface area contributed by atoms with Crippen molar-refractivity contribution < 1.29 is 4.74 Å². The van der Waals surface area contributed by atoms with Gasteiger partial charge in [-0.3, -0.25) is 4.98 Å². The van der Waals surface area contributed by atoms with Gasteiger partial charge in [0.25, 0.3) is 0 Å². The molecule has 1 atom stereocenters. The molecule has 18 heavy (non-hydrogen) atoms. The molecule has 0 radical (unpaired) electrons. The van der Waals surface area contributed by atoms with Gasteiger partial charge in [-0.2, -0.15) is 0 Å². The highest BCUT2D eigenvalue weighted by Crippen LogP contribution is 2.18. The molecule has 1 aliphatic carbocycles. The van der Waals surface area contributed by atoms with Crippen LogP contribution in [-0.2, 0) is 11.2 Å². The van der Waals surface area contributed by atoms with Crippen LogP contribution in [0, 0.1) is 0 Å². The molecule has 3 heteroatoms. The number of aromatic nitrogens is 1. The molecule has 1 unspecified atom stereocenters. The molecule has 0 aliphatic heterocycles. The van der Waals surface area contributed by atoms with Gasteiger partial charge in [0.1, 0.15) is 0 Å². The minimum atomic E-state index is 0.360. The molecular weight excluding hydrogens is 224 g/mol. The zero-order chi connectivity index (χ0) is 12.6. The van der Waals surface area contributed by atoms with Crippen LogP contribution < -0.4 is 5.32 Å². The first-order valence-corrected chi connectivity index (χ1v) is 7.13. The van der Waals surface area contributed by atoms with E-state index in [-0.39, 0.29) is 0 Å². The monoisotopic (exact) mass is 248 g/mol. The highest BCUT2D eigenvalue weighted by Gasteiger charge is 2.21. The van der Waals surface area contributed by atoms with E-state index < -0.39 is 0 Å². The summed E-state index contributed by atoms with van der Waals surface area (Å²) in [6.45, 7) is 3.99. The number of hydrogen-bond acceptors (Lipinski definition) is 3. The molecule has 0 amide bonds. The molecule has 0 saturated heterocycles. The summed E-state index contributed by atoms with van der Waals surface area (Å²) < 4.78 is 5.96. The first-order chi connectivity index (χ1) is 8.88. The third kappa shape index (κ3) is 5.15. The Bertz CT molecular complexity index is 325. The number of pyridine rings is 1. The van der Waals surface area contributed by atoms with Crippen LogP contribution >= 0.6 is 0 Å². The maximum Gasteiger partial charge on any atom is 0.0699 e. The Morgan fingerprint density at radius 2 is 2.33 bits per heavy atom. The van der Waals surface area contributed by atoms with Crippen LogP contribution in [0.15, 0.2) is 24.4 Å². The van der Waals surface area contributed by atoms with Crippen molar-refractivity contribution in [3.05, 3.63) is 30.1 Å². The molecule has 3 nitrogen and oxygen atoms in total. The van der Waals surface area contributed by atoms with Gasteiger partial charge >= 0.3 is 0 Å². The van der Waals surface area contributed by atoms with Crippen LogP contribution in [0.25, 0.3) is 0 Å². The average Bonchev–Trinajstić information content (AvgIpc) is 3.21. The summed E-state index contributed by atoms with van der Waals surface area (Å²) in [4.78, 5) is 4.31. The van der Waals surface area contributed by atoms with Gasteiger partial charge in [-0.15, -0.1) is 0 Å². The molecule has 1 heterocycles. The van der Waals surface area contributed by atoms with Crippen molar-refractivity contribution in [1.82, 2.24) is 10.3 Å². The molecule has 100 valence electrons. The molecule has 1 saturated carbocycles. The minimum absolute atomic E-state index is 0.360. The first-order valence-electron chi connectivity index (χ1n) is 7.13. The molecule has 2 rings (SSSR count). The van der Waals surface area contributed by atoms with Gasteiger partial charge in [-0.05, 0) is 31.4 Å². The van der Waals surface area contributed by atoms with E-state index in [2.05, 4.69) is 23.3 Å². The van der Waals surface area contributed by atoms with Crippen molar-refractivity contribution in [2.24, 2.45) is 0 Å². The summed E-state index contributed by atoms with van der Waals surface area (Å²) in [5.41, 5.74) is 1.11. The fraction of sp³-hybridized carbons (Fsp3) is 0.667. The maximum absolute atomic E-state index is 5.96. The van der Waals surface area contributed by atoms with Gasteiger partial charge in [0.05, 0.1) is 12.7 Å². The molecule has 0 bridgehead atoms. The van der Waals surface area contributed by atoms with Gasteiger partial charge in [-0.25, -0.2) is 0 Å². The van der Waals surface area contributed by atoms with Crippen LogP contribution in [0.2, 0.25) is 0 Å². The maximum atomic E-state index is 5.96. The van der Waals surface area contributed by atoms with E-state index in [1.807, 2.05) is 18.3 Å². The molecule has 1 N–H and O–H groups in total. The Hall–Kier alpha value is -0.930. The molecule has 1 fully saturated rings. The van der Waals surface area contributed by atoms with Gasteiger partial charge in [0, 0.05) is 30.9 Å². The largest absolute Gasteiger partial charge is 0.376 e. The van der Waals surface area contributed by atoms with Gasteiger partial charge < -0.3 is 10.1 Å². The van der Waals surface area contributed by atoms with Crippen molar-refractivity contribution in [3.8, 4) is 0 Å². The lowest BCUT2D eigenvalue weighted by Crippen LogP contribution is -2.31. The van der Waals surface area contributed by atoms with Crippen LogP contribution in [-0.4, -0.2) is 30.3 Å². The second-order valence-electron chi connectivity index (χ2n) is 5.04. The fourth-order valence-electron chi connectivity index (χ4n) is 2.03. The zero-order valence-electron chi connectivity index (χ0n) is 11.3.